The summed E-state index contributed by atoms with van der Waals surface area (Å²) in [5.41, 5.74) is 4.57. The summed E-state index contributed by atoms with van der Waals surface area (Å²) in [6.07, 6.45) is 6.24. The number of rotatable bonds is 5. The Morgan fingerprint density at radius 1 is 1.17 bits per heavy atom. The van der Waals surface area contributed by atoms with Crippen molar-refractivity contribution in [3.63, 3.8) is 0 Å². The molecular formula is C20H22N2OS. The van der Waals surface area contributed by atoms with Crippen LogP contribution in [-0.2, 0) is 10.8 Å². The van der Waals surface area contributed by atoms with E-state index in [0.717, 1.165) is 40.7 Å². The number of anilines is 2. The Bertz CT molecular complexity index is 823. The zero-order valence-corrected chi connectivity index (χ0v) is 15.0. The molecule has 24 heavy (non-hydrogen) atoms. The average molecular weight is 338 g/mol. The summed E-state index contributed by atoms with van der Waals surface area (Å²) >= 11 is 0. The van der Waals surface area contributed by atoms with E-state index in [0.29, 0.717) is 6.54 Å². The fourth-order valence-corrected chi connectivity index (χ4v) is 4.53. The van der Waals surface area contributed by atoms with Gasteiger partial charge in [-0.1, -0.05) is 24.1 Å². The second-order valence-electron chi connectivity index (χ2n) is 5.98. The van der Waals surface area contributed by atoms with Crippen LogP contribution in [0.15, 0.2) is 46.2 Å². The van der Waals surface area contributed by atoms with Crippen LogP contribution in [0.3, 0.4) is 0 Å². The number of nitrogens with zero attached hydrogens (tertiary/aromatic N) is 1. The van der Waals surface area contributed by atoms with Gasteiger partial charge in [0.1, 0.15) is 0 Å². The maximum Gasteiger partial charge on any atom is 0.0892 e. The number of hydrogen-bond acceptors (Lipinski definition) is 3. The van der Waals surface area contributed by atoms with E-state index in [1.807, 2.05) is 24.3 Å². The maximum absolute atomic E-state index is 13.0. The molecule has 0 spiro atoms. The third kappa shape index (κ3) is 2.98. The molecule has 0 radical (unpaired) electrons. The predicted molar refractivity (Wildman–Crippen MR) is 100 cm³/mol. The zero-order chi connectivity index (χ0) is 17.1. The van der Waals surface area contributed by atoms with E-state index in [1.54, 1.807) is 0 Å². The molecule has 1 unspecified atom stereocenters. The molecule has 0 saturated heterocycles. The Morgan fingerprint density at radius 2 is 1.96 bits per heavy atom. The van der Waals surface area contributed by atoms with Crippen LogP contribution in [-0.4, -0.2) is 23.8 Å². The number of aryl methyl sites for hydroxylation is 1. The molecule has 1 aliphatic rings. The zero-order valence-electron chi connectivity index (χ0n) is 14.1. The lowest BCUT2D eigenvalue weighted by Gasteiger charge is -2.34. The van der Waals surface area contributed by atoms with Gasteiger partial charge in [-0.15, -0.1) is 6.42 Å². The summed E-state index contributed by atoms with van der Waals surface area (Å²) in [6, 6.07) is 12.1. The van der Waals surface area contributed by atoms with Crippen molar-refractivity contribution in [2.24, 2.45) is 0 Å². The van der Waals surface area contributed by atoms with Crippen LogP contribution in [0.4, 0.5) is 11.4 Å². The standard InChI is InChI=1S/C20H22N2OS/c1-4-12-21-13-7-14-22-17-8-5-6-9-18(17)24(23)19-11-10-15(2)16(3)20(19)22/h1,5-6,8-11,21H,7,12-14H2,2-3H3. The van der Waals surface area contributed by atoms with Gasteiger partial charge in [0.15, 0.2) is 0 Å². The number of terminal acetylenes is 1. The van der Waals surface area contributed by atoms with E-state index in [1.165, 1.54) is 11.1 Å². The van der Waals surface area contributed by atoms with Gasteiger partial charge in [-0.25, -0.2) is 4.21 Å². The molecule has 4 heteroatoms. The number of hydrogen-bond donors (Lipinski definition) is 1. The molecule has 3 rings (SSSR count). The van der Waals surface area contributed by atoms with Gasteiger partial charge in [-0.2, -0.15) is 0 Å². The minimum absolute atomic E-state index is 0.593. The van der Waals surface area contributed by atoms with Gasteiger partial charge in [-0.3, -0.25) is 0 Å². The molecule has 1 aliphatic heterocycles. The van der Waals surface area contributed by atoms with Crippen molar-refractivity contribution in [2.45, 2.75) is 30.1 Å². The second-order valence-corrected chi connectivity index (χ2v) is 7.39. The van der Waals surface area contributed by atoms with Crippen LogP contribution in [0.5, 0.6) is 0 Å². The SMILES string of the molecule is C#CCNCCCN1c2ccccc2S(=O)c2ccc(C)c(C)c21. The number of fused-ring (bicyclic) bond motifs is 2. The van der Waals surface area contributed by atoms with Crippen LogP contribution >= 0.6 is 0 Å². The second kappa shape index (κ2) is 7.21. The lowest BCUT2D eigenvalue weighted by atomic mass is 10.1. The van der Waals surface area contributed by atoms with E-state index in [-0.39, 0.29) is 0 Å². The minimum Gasteiger partial charge on any atom is -0.339 e. The summed E-state index contributed by atoms with van der Waals surface area (Å²) in [6.45, 7) is 6.54. The van der Waals surface area contributed by atoms with Crippen LogP contribution in [0.2, 0.25) is 0 Å². The number of para-hydroxylation sites is 1. The van der Waals surface area contributed by atoms with Crippen molar-refractivity contribution in [3.8, 4) is 12.3 Å². The van der Waals surface area contributed by atoms with Crippen LogP contribution in [0.25, 0.3) is 0 Å². The Balaban J connectivity index is 1.98. The van der Waals surface area contributed by atoms with Gasteiger partial charge in [0.25, 0.3) is 0 Å². The number of benzene rings is 2. The summed E-state index contributed by atoms with van der Waals surface area (Å²) in [5, 5.41) is 3.23. The van der Waals surface area contributed by atoms with Crippen LogP contribution < -0.4 is 10.2 Å². The molecule has 0 aromatic heterocycles. The molecule has 2 aromatic rings. The van der Waals surface area contributed by atoms with Gasteiger partial charge >= 0.3 is 0 Å². The highest BCUT2D eigenvalue weighted by Gasteiger charge is 2.29. The van der Waals surface area contributed by atoms with Crippen LogP contribution in [0.1, 0.15) is 17.5 Å². The highest BCUT2D eigenvalue weighted by Crippen LogP contribution is 2.44. The third-order valence-electron chi connectivity index (χ3n) is 4.45. The van der Waals surface area contributed by atoms with E-state index in [9.17, 15) is 4.21 Å². The molecule has 3 nitrogen and oxygen atoms in total. The minimum atomic E-state index is -1.12. The van der Waals surface area contributed by atoms with Crippen molar-refractivity contribution in [1.82, 2.24) is 5.32 Å². The Labute approximate surface area is 146 Å². The number of nitrogens with one attached hydrogen (secondary N) is 1. The largest absolute Gasteiger partial charge is 0.339 e. The summed E-state index contributed by atoms with van der Waals surface area (Å²) in [5.74, 6) is 2.59. The molecular weight excluding hydrogens is 316 g/mol. The molecule has 1 atom stereocenters. The van der Waals surface area contributed by atoms with Crippen molar-refractivity contribution in [1.29, 1.82) is 0 Å². The highest BCUT2D eigenvalue weighted by molar-refractivity contribution is 7.85. The normalized spacial score (nSPS) is 15.5. The van der Waals surface area contributed by atoms with E-state index < -0.39 is 10.8 Å². The molecule has 0 aliphatic carbocycles. The molecule has 124 valence electrons. The lowest BCUT2D eigenvalue weighted by Crippen LogP contribution is -2.28. The van der Waals surface area contributed by atoms with Gasteiger partial charge in [0, 0.05) is 6.54 Å². The summed E-state index contributed by atoms with van der Waals surface area (Å²) in [7, 11) is -1.12. The molecule has 1 N–H and O–H groups in total. The predicted octanol–water partition coefficient (Wildman–Crippen LogP) is 3.53. The Kier molecular flexibility index (Phi) is 5.03. The fourth-order valence-electron chi connectivity index (χ4n) is 3.09. The molecule has 0 amide bonds. The molecule has 0 saturated carbocycles. The van der Waals surface area contributed by atoms with Crippen molar-refractivity contribution < 1.29 is 4.21 Å². The summed E-state index contributed by atoms with van der Waals surface area (Å²) in [4.78, 5) is 4.12. The summed E-state index contributed by atoms with van der Waals surface area (Å²) < 4.78 is 13.0. The third-order valence-corrected chi connectivity index (χ3v) is 5.93. The van der Waals surface area contributed by atoms with Gasteiger partial charge in [0.05, 0.1) is 38.5 Å². The Morgan fingerprint density at radius 3 is 2.75 bits per heavy atom. The first-order chi connectivity index (χ1) is 11.6. The smallest absolute Gasteiger partial charge is 0.0892 e. The lowest BCUT2D eigenvalue weighted by molar-refractivity contribution is 0.675. The average Bonchev–Trinajstić information content (AvgIpc) is 2.60. The first kappa shape index (κ1) is 16.8. The molecule has 2 aromatic carbocycles. The van der Waals surface area contributed by atoms with Crippen molar-refractivity contribution in [3.05, 3.63) is 47.5 Å². The van der Waals surface area contributed by atoms with Crippen LogP contribution in [0, 0.1) is 26.2 Å². The van der Waals surface area contributed by atoms with E-state index >= 15 is 0 Å². The van der Waals surface area contributed by atoms with E-state index in [2.05, 4.69) is 42.1 Å². The maximum atomic E-state index is 13.0. The van der Waals surface area contributed by atoms with Gasteiger partial charge in [-0.05, 0) is 56.1 Å². The Hall–Kier alpha value is -2.09. The van der Waals surface area contributed by atoms with Crippen molar-refractivity contribution >= 4 is 22.2 Å². The van der Waals surface area contributed by atoms with Gasteiger partial charge < -0.3 is 10.2 Å². The van der Waals surface area contributed by atoms with Crippen molar-refractivity contribution in [2.75, 3.05) is 24.5 Å². The first-order valence-corrected chi connectivity index (χ1v) is 9.33. The topological polar surface area (TPSA) is 32.3 Å². The highest BCUT2D eigenvalue weighted by atomic mass is 32.2. The monoisotopic (exact) mass is 338 g/mol. The van der Waals surface area contributed by atoms with Gasteiger partial charge in [0.2, 0.25) is 0 Å². The molecule has 0 fully saturated rings. The quantitative estimate of drug-likeness (QED) is 0.668. The fraction of sp³-hybridized carbons (Fsp3) is 0.300. The molecule has 1 heterocycles. The molecule has 0 bridgehead atoms. The van der Waals surface area contributed by atoms with E-state index in [4.69, 9.17) is 6.42 Å². The first-order valence-electron chi connectivity index (χ1n) is 8.18.